The third kappa shape index (κ3) is 3.18. The molecular weight excluding hydrogens is 230 g/mol. The summed E-state index contributed by atoms with van der Waals surface area (Å²) in [7, 11) is 0. The smallest absolute Gasteiger partial charge is 0.274 e. The maximum absolute atomic E-state index is 11.6. The lowest BCUT2D eigenvalue weighted by atomic mass is 10.1. The number of hydrogen-bond acceptors (Lipinski definition) is 3. The topological polar surface area (TPSA) is 56.1 Å². The van der Waals surface area contributed by atoms with Gasteiger partial charge in [0, 0.05) is 18.0 Å². The second-order valence-corrected chi connectivity index (χ2v) is 3.76. The van der Waals surface area contributed by atoms with Crippen LogP contribution in [0.15, 0.2) is 42.7 Å². The number of rotatable bonds is 5. The van der Waals surface area contributed by atoms with Gasteiger partial charge in [0.25, 0.3) is 5.91 Å². The fourth-order valence-corrected chi connectivity index (χ4v) is 1.54. The molecule has 0 aliphatic rings. The van der Waals surface area contributed by atoms with Gasteiger partial charge in [-0.15, -0.1) is 0 Å². The van der Waals surface area contributed by atoms with Gasteiger partial charge < -0.3 is 0 Å². The summed E-state index contributed by atoms with van der Waals surface area (Å²) < 4.78 is 1.83. The van der Waals surface area contributed by atoms with Gasteiger partial charge in [0.2, 0.25) is 0 Å². The number of aromatic nitrogens is 2. The van der Waals surface area contributed by atoms with Crippen LogP contribution in [0.5, 0.6) is 0 Å². The van der Waals surface area contributed by atoms with Crippen LogP contribution < -0.4 is 5.48 Å². The van der Waals surface area contributed by atoms with Gasteiger partial charge in [0.05, 0.1) is 13.2 Å². The minimum atomic E-state index is -0.234. The molecule has 5 heteroatoms. The third-order valence-corrected chi connectivity index (χ3v) is 2.43. The van der Waals surface area contributed by atoms with Crippen molar-refractivity contribution in [2.75, 3.05) is 6.61 Å². The largest absolute Gasteiger partial charge is 0.274 e. The Kier molecular flexibility index (Phi) is 4.09. The molecule has 0 saturated carbocycles. The van der Waals surface area contributed by atoms with Gasteiger partial charge in [-0.2, -0.15) is 5.10 Å². The molecule has 0 aliphatic carbocycles. The van der Waals surface area contributed by atoms with E-state index in [9.17, 15) is 4.79 Å². The lowest BCUT2D eigenvalue weighted by Crippen LogP contribution is -2.23. The Morgan fingerprint density at radius 2 is 2.17 bits per heavy atom. The first-order chi connectivity index (χ1) is 8.79. The number of hydroxylamine groups is 1. The van der Waals surface area contributed by atoms with Gasteiger partial charge in [-0.25, -0.2) is 5.48 Å². The summed E-state index contributed by atoms with van der Waals surface area (Å²) in [4.78, 5) is 16.4. The first kappa shape index (κ1) is 12.3. The maximum Gasteiger partial charge on any atom is 0.274 e. The predicted molar refractivity (Wildman–Crippen MR) is 66.9 cm³/mol. The maximum atomic E-state index is 11.6. The van der Waals surface area contributed by atoms with E-state index in [0.717, 1.165) is 5.56 Å². The fraction of sp³-hybridized carbons (Fsp3) is 0.231. The van der Waals surface area contributed by atoms with Gasteiger partial charge in [0.15, 0.2) is 0 Å². The van der Waals surface area contributed by atoms with Crippen LogP contribution in [0.4, 0.5) is 0 Å². The molecule has 1 heterocycles. The number of hydrogen-bond donors (Lipinski definition) is 1. The van der Waals surface area contributed by atoms with Crippen LogP contribution in [0.2, 0.25) is 0 Å². The number of benzene rings is 1. The zero-order chi connectivity index (χ0) is 12.8. The van der Waals surface area contributed by atoms with Crippen molar-refractivity contribution in [3.05, 3.63) is 53.9 Å². The lowest BCUT2D eigenvalue weighted by Gasteiger charge is -2.05. The van der Waals surface area contributed by atoms with Gasteiger partial charge in [-0.3, -0.25) is 14.3 Å². The van der Waals surface area contributed by atoms with Gasteiger partial charge in [0.1, 0.15) is 0 Å². The molecule has 1 N–H and O–H groups in total. The Morgan fingerprint density at radius 3 is 2.78 bits per heavy atom. The number of carbonyl (C=O) groups is 1. The first-order valence-corrected chi connectivity index (χ1v) is 5.78. The highest BCUT2D eigenvalue weighted by molar-refractivity contribution is 5.93. The number of carbonyl (C=O) groups excluding carboxylic acids is 1. The molecule has 0 aliphatic heterocycles. The van der Waals surface area contributed by atoms with E-state index in [2.05, 4.69) is 10.6 Å². The fourth-order valence-electron chi connectivity index (χ4n) is 1.54. The molecule has 0 bridgehead atoms. The highest BCUT2D eigenvalue weighted by Gasteiger charge is 2.04. The molecule has 5 nitrogen and oxygen atoms in total. The molecule has 0 atom stereocenters. The zero-order valence-corrected chi connectivity index (χ0v) is 10.2. The summed E-state index contributed by atoms with van der Waals surface area (Å²) in [5.74, 6) is -0.234. The first-order valence-electron chi connectivity index (χ1n) is 5.78. The Morgan fingerprint density at radius 1 is 1.39 bits per heavy atom. The summed E-state index contributed by atoms with van der Waals surface area (Å²) in [6.45, 7) is 2.96. The van der Waals surface area contributed by atoms with Gasteiger partial charge >= 0.3 is 0 Å². The van der Waals surface area contributed by atoms with Crippen LogP contribution in [0.3, 0.4) is 0 Å². The van der Waals surface area contributed by atoms with Crippen LogP contribution in [-0.4, -0.2) is 22.3 Å². The normalized spacial score (nSPS) is 10.3. The van der Waals surface area contributed by atoms with Gasteiger partial charge in [-0.1, -0.05) is 12.1 Å². The van der Waals surface area contributed by atoms with E-state index in [4.69, 9.17) is 4.84 Å². The molecule has 0 saturated heterocycles. The van der Waals surface area contributed by atoms with Crippen LogP contribution in [0, 0.1) is 0 Å². The molecule has 2 rings (SSSR count). The highest BCUT2D eigenvalue weighted by atomic mass is 16.6. The van der Waals surface area contributed by atoms with Gasteiger partial charge in [-0.05, 0) is 30.7 Å². The quantitative estimate of drug-likeness (QED) is 0.814. The number of amides is 1. The molecule has 1 amide bonds. The summed E-state index contributed by atoms with van der Waals surface area (Å²) in [6, 6.07) is 9.23. The summed E-state index contributed by atoms with van der Waals surface area (Å²) in [6.07, 6.45) is 3.64. The van der Waals surface area contributed by atoms with Crippen molar-refractivity contribution in [3.8, 4) is 0 Å². The van der Waals surface area contributed by atoms with Crippen molar-refractivity contribution in [2.24, 2.45) is 0 Å². The van der Waals surface area contributed by atoms with Crippen molar-refractivity contribution in [1.29, 1.82) is 0 Å². The van der Waals surface area contributed by atoms with Crippen molar-refractivity contribution < 1.29 is 9.63 Å². The Balaban J connectivity index is 1.99. The van der Waals surface area contributed by atoms with Crippen LogP contribution in [0.25, 0.3) is 0 Å². The number of nitrogens with zero attached hydrogens (tertiary/aromatic N) is 2. The van der Waals surface area contributed by atoms with E-state index in [1.165, 1.54) is 0 Å². The molecule has 0 unspecified atom stereocenters. The van der Waals surface area contributed by atoms with E-state index in [1.54, 1.807) is 18.3 Å². The lowest BCUT2D eigenvalue weighted by molar-refractivity contribution is 0.0364. The van der Waals surface area contributed by atoms with Crippen LogP contribution in [0.1, 0.15) is 22.8 Å². The summed E-state index contributed by atoms with van der Waals surface area (Å²) in [5.41, 5.74) is 4.02. The molecule has 2 aromatic rings. The average Bonchev–Trinajstić information content (AvgIpc) is 2.89. The van der Waals surface area contributed by atoms with Crippen molar-refractivity contribution in [1.82, 2.24) is 15.3 Å². The number of nitrogens with one attached hydrogen (secondary N) is 1. The van der Waals surface area contributed by atoms with E-state index < -0.39 is 0 Å². The Labute approximate surface area is 105 Å². The summed E-state index contributed by atoms with van der Waals surface area (Å²) >= 11 is 0. The van der Waals surface area contributed by atoms with E-state index in [-0.39, 0.29) is 5.91 Å². The molecule has 0 radical (unpaired) electrons. The monoisotopic (exact) mass is 245 g/mol. The van der Waals surface area contributed by atoms with Crippen LogP contribution >= 0.6 is 0 Å². The molecule has 1 aromatic heterocycles. The van der Waals surface area contributed by atoms with Crippen molar-refractivity contribution in [3.63, 3.8) is 0 Å². The molecule has 94 valence electrons. The second-order valence-electron chi connectivity index (χ2n) is 3.76. The van der Waals surface area contributed by atoms with E-state index in [1.807, 2.05) is 36.0 Å². The van der Waals surface area contributed by atoms with Crippen molar-refractivity contribution >= 4 is 5.91 Å². The molecule has 18 heavy (non-hydrogen) atoms. The minimum Gasteiger partial charge on any atom is -0.274 e. The SMILES string of the molecule is CCONC(=O)c1ccc(Cn2cccn2)cc1. The van der Waals surface area contributed by atoms with E-state index >= 15 is 0 Å². The second kappa shape index (κ2) is 5.97. The predicted octanol–water partition coefficient (Wildman–Crippen LogP) is 1.61. The molecule has 0 spiro atoms. The molecular formula is C13H15N3O2. The Bertz CT molecular complexity index is 491. The third-order valence-electron chi connectivity index (χ3n) is 2.43. The van der Waals surface area contributed by atoms with Crippen molar-refractivity contribution in [2.45, 2.75) is 13.5 Å². The Hall–Kier alpha value is -2.14. The summed E-state index contributed by atoms with van der Waals surface area (Å²) in [5, 5.41) is 4.13. The molecule has 0 fully saturated rings. The standard InChI is InChI=1S/C13H15N3O2/c1-2-18-15-13(17)12-6-4-11(5-7-12)10-16-9-3-8-14-16/h3-9H,2,10H2,1H3,(H,15,17). The van der Waals surface area contributed by atoms with Crippen LogP contribution in [-0.2, 0) is 11.4 Å². The van der Waals surface area contributed by atoms with E-state index in [0.29, 0.717) is 18.7 Å². The highest BCUT2D eigenvalue weighted by Crippen LogP contribution is 2.06. The average molecular weight is 245 g/mol. The zero-order valence-electron chi connectivity index (χ0n) is 10.2. The minimum absolute atomic E-state index is 0.234. The molecule has 1 aromatic carbocycles.